The van der Waals surface area contributed by atoms with Crippen molar-refractivity contribution in [1.82, 2.24) is 0 Å². The predicted molar refractivity (Wildman–Crippen MR) is 72.0 cm³/mol. The van der Waals surface area contributed by atoms with Crippen LogP contribution in [0.3, 0.4) is 0 Å². The maximum atomic E-state index is 13.2. The van der Waals surface area contributed by atoms with Gasteiger partial charge < -0.3 is 10.6 Å². The molecule has 0 spiro atoms. The molecule has 0 aromatic heterocycles. The van der Waals surface area contributed by atoms with E-state index in [0.717, 1.165) is 30.8 Å². The van der Waals surface area contributed by atoms with E-state index >= 15 is 0 Å². The van der Waals surface area contributed by atoms with Gasteiger partial charge in [0, 0.05) is 24.5 Å². The van der Waals surface area contributed by atoms with Gasteiger partial charge >= 0.3 is 0 Å². The summed E-state index contributed by atoms with van der Waals surface area (Å²) in [6.45, 7) is 1.70. The molecule has 1 aliphatic heterocycles. The lowest BCUT2D eigenvalue weighted by molar-refractivity contribution is 0.624. The fraction of sp³-hybridized carbons (Fsp3) is 0.200. The molecular formula is C15H15FN2. The van der Waals surface area contributed by atoms with Gasteiger partial charge in [0.2, 0.25) is 0 Å². The van der Waals surface area contributed by atoms with Crippen molar-refractivity contribution >= 4 is 11.4 Å². The fourth-order valence-corrected chi connectivity index (χ4v) is 2.48. The number of anilines is 2. The SMILES string of the molecule is Nc1ccc2c(c1)N(Cc1cccc(F)c1)CC2. The topological polar surface area (TPSA) is 29.3 Å². The smallest absolute Gasteiger partial charge is 0.123 e. The summed E-state index contributed by atoms with van der Waals surface area (Å²) in [4.78, 5) is 2.25. The van der Waals surface area contributed by atoms with E-state index in [4.69, 9.17) is 5.73 Å². The number of nitrogens with two attached hydrogens (primary N) is 1. The van der Waals surface area contributed by atoms with E-state index in [-0.39, 0.29) is 5.82 Å². The molecule has 0 aliphatic carbocycles. The molecule has 2 aromatic carbocycles. The van der Waals surface area contributed by atoms with E-state index in [1.807, 2.05) is 18.2 Å². The highest BCUT2D eigenvalue weighted by molar-refractivity contribution is 5.64. The molecule has 2 N–H and O–H groups in total. The second-order valence-corrected chi connectivity index (χ2v) is 4.69. The summed E-state index contributed by atoms with van der Waals surface area (Å²) in [5.41, 5.74) is 10.1. The Balaban J connectivity index is 1.86. The van der Waals surface area contributed by atoms with Crippen LogP contribution in [0.1, 0.15) is 11.1 Å². The minimum Gasteiger partial charge on any atom is -0.399 e. The summed E-state index contributed by atoms with van der Waals surface area (Å²) >= 11 is 0. The number of nitrogen functional groups attached to an aromatic ring is 1. The summed E-state index contributed by atoms with van der Waals surface area (Å²) in [6, 6.07) is 12.8. The van der Waals surface area contributed by atoms with E-state index in [2.05, 4.69) is 11.0 Å². The lowest BCUT2D eigenvalue weighted by Gasteiger charge is -2.19. The van der Waals surface area contributed by atoms with Gasteiger partial charge in [-0.3, -0.25) is 0 Å². The van der Waals surface area contributed by atoms with E-state index in [0.29, 0.717) is 0 Å². The van der Waals surface area contributed by atoms with Crippen molar-refractivity contribution in [2.75, 3.05) is 17.2 Å². The number of fused-ring (bicyclic) bond motifs is 1. The first-order valence-electron chi connectivity index (χ1n) is 6.10. The normalized spacial score (nSPS) is 13.7. The third-order valence-electron chi connectivity index (χ3n) is 3.36. The van der Waals surface area contributed by atoms with Crippen LogP contribution in [-0.4, -0.2) is 6.54 Å². The van der Waals surface area contributed by atoms with E-state index in [9.17, 15) is 4.39 Å². The summed E-state index contributed by atoms with van der Waals surface area (Å²) < 4.78 is 13.2. The second-order valence-electron chi connectivity index (χ2n) is 4.69. The van der Waals surface area contributed by atoms with E-state index in [1.54, 1.807) is 12.1 Å². The molecule has 1 heterocycles. The van der Waals surface area contributed by atoms with Crippen LogP contribution in [0.5, 0.6) is 0 Å². The van der Waals surface area contributed by atoms with Gasteiger partial charge in [-0.05, 0) is 41.8 Å². The highest BCUT2D eigenvalue weighted by Gasteiger charge is 2.19. The van der Waals surface area contributed by atoms with Gasteiger partial charge in [-0.2, -0.15) is 0 Å². The number of hydrogen-bond acceptors (Lipinski definition) is 2. The number of benzene rings is 2. The summed E-state index contributed by atoms with van der Waals surface area (Å²) in [5, 5.41) is 0. The van der Waals surface area contributed by atoms with Crippen molar-refractivity contribution in [3.63, 3.8) is 0 Å². The molecule has 0 fully saturated rings. The maximum Gasteiger partial charge on any atom is 0.123 e. The van der Waals surface area contributed by atoms with Crippen molar-refractivity contribution in [2.45, 2.75) is 13.0 Å². The molecule has 0 radical (unpaired) electrons. The zero-order valence-electron chi connectivity index (χ0n) is 10.1. The summed E-state index contributed by atoms with van der Waals surface area (Å²) in [7, 11) is 0. The first-order valence-corrected chi connectivity index (χ1v) is 6.10. The average Bonchev–Trinajstić information content (AvgIpc) is 2.72. The van der Waals surface area contributed by atoms with E-state index < -0.39 is 0 Å². The summed E-state index contributed by atoms with van der Waals surface area (Å²) in [5.74, 6) is -0.181. The molecule has 0 saturated heterocycles. The molecule has 3 rings (SSSR count). The molecule has 0 unspecified atom stereocenters. The number of hydrogen-bond donors (Lipinski definition) is 1. The van der Waals surface area contributed by atoms with E-state index in [1.165, 1.54) is 17.3 Å². The predicted octanol–water partition coefficient (Wildman–Crippen LogP) is 2.97. The zero-order chi connectivity index (χ0) is 12.5. The third-order valence-corrected chi connectivity index (χ3v) is 3.36. The van der Waals surface area contributed by atoms with Crippen molar-refractivity contribution in [1.29, 1.82) is 0 Å². The molecule has 1 aliphatic rings. The van der Waals surface area contributed by atoms with Crippen LogP contribution in [0.2, 0.25) is 0 Å². The highest BCUT2D eigenvalue weighted by Crippen LogP contribution is 2.31. The van der Waals surface area contributed by atoms with Gasteiger partial charge in [-0.15, -0.1) is 0 Å². The molecule has 0 amide bonds. The molecular weight excluding hydrogens is 227 g/mol. The van der Waals surface area contributed by atoms with Crippen LogP contribution in [-0.2, 0) is 13.0 Å². The quantitative estimate of drug-likeness (QED) is 0.820. The van der Waals surface area contributed by atoms with Crippen molar-refractivity contribution in [2.24, 2.45) is 0 Å². The zero-order valence-corrected chi connectivity index (χ0v) is 10.1. The molecule has 0 saturated carbocycles. The minimum absolute atomic E-state index is 0.181. The van der Waals surface area contributed by atoms with Gasteiger partial charge in [0.1, 0.15) is 5.82 Å². The average molecular weight is 242 g/mol. The second kappa shape index (κ2) is 4.33. The monoisotopic (exact) mass is 242 g/mol. The molecule has 92 valence electrons. The molecule has 0 atom stereocenters. The van der Waals surface area contributed by atoms with Crippen LogP contribution in [0.15, 0.2) is 42.5 Å². The molecule has 18 heavy (non-hydrogen) atoms. The maximum absolute atomic E-state index is 13.2. The molecule has 2 nitrogen and oxygen atoms in total. The van der Waals surface area contributed by atoms with Gasteiger partial charge in [0.25, 0.3) is 0 Å². The first-order chi connectivity index (χ1) is 8.72. The molecule has 0 bridgehead atoms. The lowest BCUT2D eigenvalue weighted by Crippen LogP contribution is -2.19. The van der Waals surface area contributed by atoms with Crippen LogP contribution in [0.4, 0.5) is 15.8 Å². The Kier molecular flexibility index (Phi) is 2.67. The van der Waals surface area contributed by atoms with Crippen molar-refractivity contribution in [3.8, 4) is 0 Å². The van der Waals surface area contributed by atoms with Crippen molar-refractivity contribution in [3.05, 3.63) is 59.4 Å². The Morgan fingerprint density at radius 1 is 1.17 bits per heavy atom. The van der Waals surface area contributed by atoms with Crippen molar-refractivity contribution < 1.29 is 4.39 Å². The largest absolute Gasteiger partial charge is 0.399 e. The molecule has 3 heteroatoms. The lowest BCUT2D eigenvalue weighted by atomic mass is 10.1. The minimum atomic E-state index is -0.181. The Bertz CT molecular complexity index is 580. The highest BCUT2D eigenvalue weighted by atomic mass is 19.1. The summed E-state index contributed by atoms with van der Waals surface area (Å²) in [6.07, 6.45) is 1.03. The Hall–Kier alpha value is -2.03. The van der Waals surface area contributed by atoms with Crippen LogP contribution in [0, 0.1) is 5.82 Å². The third kappa shape index (κ3) is 2.04. The van der Waals surface area contributed by atoms with Crippen LogP contribution >= 0.6 is 0 Å². The van der Waals surface area contributed by atoms with Gasteiger partial charge in [-0.25, -0.2) is 4.39 Å². The number of rotatable bonds is 2. The van der Waals surface area contributed by atoms with Gasteiger partial charge in [0.15, 0.2) is 0 Å². The standard InChI is InChI=1S/C15H15FN2/c16-13-3-1-2-11(8-13)10-18-7-6-12-4-5-14(17)9-15(12)18/h1-5,8-9H,6-7,10,17H2. The Labute approximate surface area is 106 Å². The first kappa shape index (κ1) is 11.1. The number of halogens is 1. The van der Waals surface area contributed by atoms with Crippen LogP contribution in [0.25, 0.3) is 0 Å². The Morgan fingerprint density at radius 2 is 2.06 bits per heavy atom. The Morgan fingerprint density at radius 3 is 2.89 bits per heavy atom. The van der Waals surface area contributed by atoms with Crippen LogP contribution < -0.4 is 10.6 Å². The fourth-order valence-electron chi connectivity index (χ4n) is 2.48. The molecule has 2 aromatic rings. The van der Waals surface area contributed by atoms with Gasteiger partial charge in [0.05, 0.1) is 0 Å². The van der Waals surface area contributed by atoms with Gasteiger partial charge in [-0.1, -0.05) is 18.2 Å². The number of nitrogens with zero attached hydrogens (tertiary/aromatic N) is 1.